The van der Waals surface area contributed by atoms with Crippen molar-refractivity contribution in [1.82, 2.24) is 19.7 Å². The first kappa shape index (κ1) is 12.0. The number of aryl methyl sites for hydroxylation is 1. The van der Waals surface area contributed by atoms with Crippen molar-refractivity contribution >= 4 is 11.6 Å². The van der Waals surface area contributed by atoms with Gasteiger partial charge in [-0.2, -0.15) is 5.10 Å². The highest BCUT2D eigenvalue weighted by Crippen LogP contribution is 2.22. The first-order chi connectivity index (χ1) is 8.22. The van der Waals surface area contributed by atoms with E-state index >= 15 is 0 Å². The third-order valence-electron chi connectivity index (χ3n) is 2.47. The maximum Gasteiger partial charge on any atom is 0.138 e. The molecule has 0 saturated carbocycles. The summed E-state index contributed by atoms with van der Waals surface area (Å²) in [5.41, 5.74) is 0.472. The highest BCUT2D eigenvalue weighted by atomic mass is 35.5. The number of hydrogen-bond acceptors (Lipinski definition) is 4. The molecule has 1 N–H and O–H groups in total. The first-order valence-electron chi connectivity index (χ1n) is 5.37. The Hall–Kier alpha value is -1.46. The molecule has 0 radical (unpaired) electrons. The lowest BCUT2D eigenvalue weighted by molar-refractivity contribution is 0.169. The highest BCUT2D eigenvalue weighted by Gasteiger charge is 2.16. The van der Waals surface area contributed by atoms with Gasteiger partial charge in [-0.25, -0.2) is 4.98 Å². The molecule has 0 aliphatic carbocycles. The molecule has 1 unspecified atom stereocenters. The summed E-state index contributed by atoms with van der Waals surface area (Å²) in [4.78, 5) is 8.18. The van der Waals surface area contributed by atoms with E-state index in [9.17, 15) is 5.11 Å². The van der Waals surface area contributed by atoms with Crippen LogP contribution in [0.15, 0.2) is 24.7 Å². The maximum atomic E-state index is 10.1. The molecule has 0 spiro atoms. The molecule has 0 aliphatic heterocycles. The Morgan fingerprint density at radius 3 is 3.00 bits per heavy atom. The van der Waals surface area contributed by atoms with Gasteiger partial charge in [0.1, 0.15) is 18.3 Å². The van der Waals surface area contributed by atoms with Crippen molar-refractivity contribution in [1.29, 1.82) is 0 Å². The topological polar surface area (TPSA) is 63.8 Å². The lowest BCUT2D eigenvalue weighted by Crippen LogP contribution is -2.10. The van der Waals surface area contributed by atoms with Crippen molar-refractivity contribution in [3.63, 3.8) is 0 Å². The predicted octanol–water partition coefficient (Wildman–Crippen LogP) is 1.62. The quantitative estimate of drug-likeness (QED) is 0.898. The number of aliphatic hydroxyl groups excluding tert-OH is 1. The number of aliphatic hydroxyl groups is 1. The van der Waals surface area contributed by atoms with E-state index in [2.05, 4.69) is 15.1 Å². The van der Waals surface area contributed by atoms with Gasteiger partial charge in [0.05, 0.1) is 10.7 Å². The van der Waals surface area contributed by atoms with Gasteiger partial charge in [0.2, 0.25) is 0 Å². The fourth-order valence-corrected chi connectivity index (χ4v) is 1.87. The molecular formula is C11H13ClN4O. The Labute approximate surface area is 104 Å². The normalized spacial score (nSPS) is 12.6. The zero-order chi connectivity index (χ0) is 12.3. The maximum absolute atomic E-state index is 10.1. The second-order valence-corrected chi connectivity index (χ2v) is 3.99. The van der Waals surface area contributed by atoms with Gasteiger partial charge in [0, 0.05) is 19.2 Å². The fourth-order valence-electron chi connectivity index (χ4n) is 1.62. The molecule has 0 saturated heterocycles. The van der Waals surface area contributed by atoms with Crippen LogP contribution in [-0.4, -0.2) is 24.9 Å². The average molecular weight is 253 g/mol. The van der Waals surface area contributed by atoms with Gasteiger partial charge in [-0.3, -0.25) is 9.67 Å². The largest absolute Gasteiger partial charge is 0.386 e. The van der Waals surface area contributed by atoms with Crippen molar-refractivity contribution < 1.29 is 5.11 Å². The van der Waals surface area contributed by atoms with Crippen LogP contribution >= 0.6 is 11.6 Å². The predicted molar refractivity (Wildman–Crippen MR) is 63.6 cm³/mol. The standard InChI is InChI=1S/C11H13ClN4O/c1-2-16-10(14-7-15-16)6-9(17)11-8(12)4-3-5-13-11/h3-5,7,9,17H,2,6H2,1H3. The molecule has 2 aromatic rings. The summed E-state index contributed by atoms with van der Waals surface area (Å²) in [5.74, 6) is 0.724. The minimum Gasteiger partial charge on any atom is -0.386 e. The summed E-state index contributed by atoms with van der Waals surface area (Å²) in [6.45, 7) is 2.69. The van der Waals surface area contributed by atoms with E-state index in [-0.39, 0.29) is 0 Å². The van der Waals surface area contributed by atoms with Crippen LogP contribution < -0.4 is 0 Å². The van der Waals surface area contributed by atoms with Gasteiger partial charge >= 0.3 is 0 Å². The Morgan fingerprint density at radius 1 is 1.47 bits per heavy atom. The number of aromatic nitrogens is 4. The number of nitrogens with zero attached hydrogens (tertiary/aromatic N) is 4. The molecule has 0 aromatic carbocycles. The Bertz CT molecular complexity index is 500. The van der Waals surface area contributed by atoms with Crippen LogP contribution in [0.4, 0.5) is 0 Å². The van der Waals surface area contributed by atoms with Gasteiger partial charge in [-0.15, -0.1) is 0 Å². The summed E-state index contributed by atoms with van der Waals surface area (Å²) in [6, 6.07) is 3.44. The van der Waals surface area contributed by atoms with Crippen LogP contribution in [-0.2, 0) is 13.0 Å². The summed E-state index contributed by atoms with van der Waals surface area (Å²) >= 11 is 5.97. The monoisotopic (exact) mass is 252 g/mol. The lowest BCUT2D eigenvalue weighted by Gasteiger charge is -2.11. The molecule has 5 nitrogen and oxygen atoms in total. The number of halogens is 1. The van der Waals surface area contributed by atoms with Crippen LogP contribution in [0.25, 0.3) is 0 Å². The lowest BCUT2D eigenvalue weighted by atomic mass is 10.1. The minimum absolute atomic E-state index is 0.352. The molecule has 6 heteroatoms. The SMILES string of the molecule is CCn1ncnc1CC(O)c1ncccc1Cl. The molecule has 0 fully saturated rings. The van der Waals surface area contributed by atoms with Crippen molar-refractivity contribution in [2.24, 2.45) is 0 Å². The Kier molecular flexibility index (Phi) is 3.71. The third kappa shape index (κ3) is 2.62. The van der Waals surface area contributed by atoms with Crippen LogP contribution in [0.5, 0.6) is 0 Å². The van der Waals surface area contributed by atoms with Gasteiger partial charge in [0.25, 0.3) is 0 Å². The van der Waals surface area contributed by atoms with E-state index in [4.69, 9.17) is 11.6 Å². The molecule has 1 atom stereocenters. The molecule has 2 aromatic heterocycles. The molecule has 2 rings (SSSR count). The number of rotatable bonds is 4. The van der Waals surface area contributed by atoms with E-state index in [0.29, 0.717) is 17.1 Å². The van der Waals surface area contributed by atoms with Crippen LogP contribution in [0.3, 0.4) is 0 Å². The van der Waals surface area contributed by atoms with E-state index in [1.165, 1.54) is 6.33 Å². The van der Waals surface area contributed by atoms with E-state index in [0.717, 1.165) is 12.4 Å². The molecule has 90 valence electrons. The van der Waals surface area contributed by atoms with Gasteiger partial charge in [-0.05, 0) is 19.1 Å². The van der Waals surface area contributed by atoms with Gasteiger partial charge in [-0.1, -0.05) is 11.6 Å². The van der Waals surface area contributed by atoms with Crippen LogP contribution in [0.2, 0.25) is 5.02 Å². The summed E-state index contributed by atoms with van der Waals surface area (Å²) < 4.78 is 1.74. The number of pyridine rings is 1. The summed E-state index contributed by atoms with van der Waals surface area (Å²) in [6.07, 6.45) is 2.67. The molecule has 17 heavy (non-hydrogen) atoms. The molecular weight excluding hydrogens is 240 g/mol. The highest BCUT2D eigenvalue weighted by molar-refractivity contribution is 6.31. The average Bonchev–Trinajstić information content (AvgIpc) is 2.76. The van der Waals surface area contributed by atoms with Crippen molar-refractivity contribution in [3.05, 3.63) is 41.2 Å². The Balaban J connectivity index is 2.17. The second-order valence-electron chi connectivity index (χ2n) is 3.58. The molecule has 0 aliphatic rings. The van der Waals surface area contributed by atoms with E-state index < -0.39 is 6.10 Å². The van der Waals surface area contributed by atoms with Crippen LogP contribution in [0, 0.1) is 0 Å². The van der Waals surface area contributed by atoms with E-state index in [1.807, 2.05) is 6.92 Å². The first-order valence-corrected chi connectivity index (χ1v) is 5.75. The minimum atomic E-state index is -0.766. The number of hydrogen-bond donors (Lipinski definition) is 1. The van der Waals surface area contributed by atoms with Gasteiger partial charge < -0.3 is 5.11 Å². The van der Waals surface area contributed by atoms with Crippen LogP contribution in [0.1, 0.15) is 24.5 Å². The van der Waals surface area contributed by atoms with Crippen molar-refractivity contribution in [3.8, 4) is 0 Å². The smallest absolute Gasteiger partial charge is 0.138 e. The van der Waals surface area contributed by atoms with Crippen molar-refractivity contribution in [2.45, 2.75) is 26.0 Å². The zero-order valence-corrected chi connectivity index (χ0v) is 10.2. The van der Waals surface area contributed by atoms with Gasteiger partial charge in [0.15, 0.2) is 0 Å². The molecule has 0 bridgehead atoms. The summed E-state index contributed by atoms with van der Waals surface area (Å²) in [7, 11) is 0. The fraction of sp³-hybridized carbons (Fsp3) is 0.364. The summed E-state index contributed by atoms with van der Waals surface area (Å²) in [5, 5.41) is 14.6. The molecule has 0 amide bonds. The van der Waals surface area contributed by atoms with E-state index in [1.54, 1.807) is 23.0 Å². The molecule has 2 heterocycles. The third-order valence-corrected chi connectivity index (χ3v) is 2.79. The Morgan fingerprint density at radius 2 is 2.29 bits per heavy atom. The second kappa shape index (κ2) is 5.25. The van der Waals surface area contributed by atoms with Crippen molar-refractivity contribution in [2.75, 3.05) is 0 Å². The zero-order valence-electron chi connectivity index (χ0n) is 9.41.